The fourth-order valence-corrected chi connectivity index (χ4v) is 0.658. The monoisotopic (exact) mass is 168 g/mol. The summed E-state index contributed by atoms with van der Waals surface area (Å²) in [5, 5.41) is 10.1. The summed E-state index contributed by atoms with van der Waals surface area (Å²) in [7, 11) is 0. The number of hydrazine groups is 2. The first-order valence-corrected chi connectivity index (χ1v) is 3.79. The van der Waals surface area contributed by atoms with E-state index in [9.17, 15) is 0 Å². The molecule has 1 aromatic rings. The maximum atomic E-state index is 3.42. The van der Waals surface area contributed by atoms with Gasteiger partial charge in [0.15, 0.2) is 0 Å². The van der Waals surface area contributed by atoms with Crippen LogP contribution in [0.15, 0.2) is 18.5 Å². The molecule has 0 atom stereocenters. The quantitative estimate of drug-likeness (QED) is 0.455. The number of hydrogen-bond acceptors (Lipinski definition) is 6. The van der Waals surface area contributed by atoms with Gasteiger partial charge in [0.05, 0.1) is 12.4 Å². The van der Waals surface area contributed by atoms with Gasteiger partial charge in [-0.1, -0.05) is 0 Å². The van der Waals surface area contributed by atoms with Crippen LogP contribution in [0.1, 0.15) is 6.42 Å². The van der Waals surface area contributed by atoms with Crippen molar-refractivity contribution in [3.05, 3.63) is 18.5 Å². The molecule has 0 spiro atoms. The molecule has 6 nitrogen and oxygen atoms in total. The lowest BCUT2D eigenvalue weighted by molar-refractivity contribution is 0.372. The maximum Gasteiger partial charge on any atom is 0.0529 e. The highest BCUT2D eigenvalue weighted by Crippen LogP contribution is 1.71. The maximum absolute atomic E-state index is 3.42. The minimum absolute atomic E-state index is 1.08. The van der Waals surface area contributed by atoms with Crippen LogP contribution in [0.3, 0.4) is 0 Å². The van der Waals surface area contributed by atoms with E-state index >= 15 is 0 Å². The Hall–Kier alpha value is -1.11. The number of nitrogens with one attached hydrogen (secondary N) is 3. The van der Waals surface area contributed by atoms with Crippen LogP contribution in [0.2, 0.25) is 0 Å². The third-order valence-corrected chi connectivity index (χ3v) is 1.19. The van der Waals surface area contributed by atoms with E-state index in [1.54, 1.807) is 18.5 Å². The SMILES string of the molecule is C1CNNNC1.c1cnnnc1. The second kappa shape index (κ2) is 6.59. The summed E-state index contributed by atoms with van der Waals surface area (Å²) in [5.41, 5.74) is 8.63. The zero-order valence-corrected chi connectivity index (χ0v) is 6.70. The molecule has 2 heterocycles. The molecule has 1 saturated heterocycles. The van der Waals surface area contributed by atoms with E-state index in [2.05, 4.69) is 31.8 Å². The van der Waals surface area contributed by atoms with Gasteiger partial charge in [-0.15, -0.1) is 10.2 Å². The molecule has 0 radical (unpaired) electrons. The van der Waals surface area contributed by atoms with Gasteiger partial charge in [-0.05, 0) is 17.7 Å². The van der Waals surface area contributed by atoms with E-state index in [4.69, 9.17) is 0 Å². The number of rotatable bonds is 0. The Balaban J connectivity index is 0.000000120. The predicted molar refractivity (Wildman–Crippen MR) is 43.6 cm³/mol. The zero-order valence-electron chi connectivity index (χ0n) is 6.70. The number of hydrogen-bond donors (Lipinski definition) is 3. The van der Waals surface area contributed by atoms with Crippen molar-refractivity contribution >= 4 is 0 Å². The van der Waals surface area contributed by atoms with Crippen LogP contribution < -0.4 is 16.4 Å². The van der Waals surface area contributed by atoms with Crippen molar-refractivity contribution in [2.75, 3.05) is 13.1 Å². The Morgan fingerprint density at radius 3 is 1.83 bits per heavy atom. The van der Waals surface area contributed by atoms with Gasteiger partial charge in [0.25, 0.3) is 0 Å². The fraction of sp³-hybridized carbons (Fsp3) is 0.500. The van der Waals surface area contributed by atoms with Crippen LogP contribution in [-0.4, -0.2) is 28.5 Å². The molecule has 1 fully saturated rings. The van der Waals surface area contributed by atoms with Gasteiger partial charge in [-0.2, -0.15) is 5.53 Å². The van der Waals surface area contributed by atoms with Crippen molar-refractivity contribution in [1.29, 1.82) is 0 Å². The van der Waals surface area contributed by atoms with Gasteiger partial charge in [-0.25, -0.2) is 10.9 Å². The molecule has 0 amide bonds. The molecule has 12 heavy (non-hydrogen) atoms. The van der Waals surface area contributed by atoms with E-state index in [0.29, 0.717) is 0 Å². The zero-order chi connectivity index (χ0) is 8.49. The molecule has 6 heteroatoms. The van der Waals surface area contributed by atoms with Crippen LogP contribution in [0, 0.1) is 0 Å². The molecule has 1 aliphatic rings. The van der Waals surface area contributed by atoms with Crippen molar-refractivity contribution in [2.24, 2.45) is 0 Å². The van der Waals surface area contributed by atoms with E-state index in [1.165, 1.54) is 6.42 Å². The summed E-state index contributed by atoms with van der Waals surface area (Å²) in [5.74, 6) is 0. The molecule has 0 saturated carbocycles. The van der Waals surface area contributed by atoms with Gasteiger partial charge < -0.3 is 0 Å². The van der Waals surface area contributed by atoms with Crippen LogP contribution in [-0.2, 0) is 0 Å². The Morgan fingerprint density at radius 2 is 1.67 bits per heavy atom. The average molecular weight is 168 g/mol. The molecule has 3 N–H and O–H groups in total. The Morgan fingerprint density at radius 1 is 1.00 bits per heavy atom. The summed E-state index contributed by atoms with van der Waals surface area (Å²) in [6, 6.07) is 1.72. The molecule has 0 unspecified atom stereocenters. The van der Waals surface area contributed by atoms with Crippen LogP contribution in [0.5, 0.6) is 0 Å². The smallest absolute Gasteiger partial charge is 0.0529 e. The summed E-state index contributed by atoms with van der Waals surface area (Å²) in [6.07, 6.45) is 4.37. The minimum Gasteiger partial charge on any atom is -0.244 e. The second-order valence-electron chi connectivity index (χ2n) is 2.14. The third kappa shape index (κ3) is 4.67. The largest absolute Gasteiger partial charge is 0.244 e. The van der Waals surface area contributed by atoms with Crippen molar-refractivity contribution in [3.63, 3.8) is 0 Å². The topological polar surface area (TPSA) is 74.8 Å². The average Bonchev–Trinajstić information content (AvgIpc) is 2.24. The van der Waals surface area contributed by atoms with Crippen LogP contribution >= 0.6 is 0 Å². The van der Waals surface area contributed by atoms with E-state index in [0.717, 1.165) is 13.1 Å². The lowest BCUT2D eigenvalue weighted by Crippen LogP contribution is -2.49. The standard InChI is InChI=1S/C3H9N3.C3H3N3/c2*1-2-4-6-5-3-1/h4-6H,1-3H2;1-3H. The summed E-state index contributed by atoms with van der Waals surface area (Å²) >= 11 is 0. The van der Waals surface area contributed by atoms with Crippen molar-refractivity contribution in [2.45, 2.75) is 6.42 Å². The van der Waals surface area contributed by atoms with Crippen molar-refractivity contribution in [3.8, 4) is 0 Å². The highest BCUT2D eigenvalue weighted by atomic mass is 15.6. The van der Waals surface area contributed by atoms with E-state index in [1.807, 2.05) is 0 Å². The Bertz CT molecular complexity index is 136. The lowest BCUT2D eigenvalue weighted by Gasteiger charge is -2.12. The van der Waals surface area contributed by atoms with Gasteiger partial charge in [0.1, 0.15) is 0 Å². The van der Waals surface area contributed by atoms with Gasteiger partial charge in [0.2, 0.25) is 0 Å². The lowest BCUT2D eigenvalue weighted by atomic mass is 10.4. The second-order valence-corrected chi connectivity index (χ2v) is 2.14. The molecule has 66 valence electrons. The number of aromatic nitrogens is 3. The molecule has 1 aromatic heterocycles. The highest BCUT2D eigenvalue weighted by Gasteiger charge is 1.90. The van der Waals surface area contributed by atoms with Gasteiger partial charge >= 0.3 is 0 Å². The van der Waals surface area contributed by atoms with Gasteiger partial charge in [-0.3, -0.25) is 0 Å². The van der Waals surface area contributed by atoms with Crippen molar-refractivity contribution < 1.29 is 0 Å². The first-order chi connectivity index (χ1) is 6.00. The molecule has 2 rings (SSSR count). The first-order valence-electron chi connectivity index (χ1n) is 3.79. The molecule has 0 aromatic carbocycles. The Labute approximate surface area is 70.7 Å². The molecular weight excluding hydrogens is 156 g/mol. The van der Waals surface area contributed by atoms with E-state index in [-0.39, 0.29) is 0 Å². The van der Waals surface area contributed by atoms with Gasteiger partial charge in [0, 0.05) is 13.1 Å². The first kappa shape index (κ1) is 8.98. The summed E-state index contributed by atoms with van der Waals surface area (Å²) in [6.45, 7) is 2.15. The highest BCUT2D eigenvalue weighted by molar-refractivity contribution is 4.69. The summed E-state index contributed by atoms with van der Waals surface area (Å²) < 4.78 is 0. The van der Waals surface area contributed by atoms with Crippen LogP contribution in [0.25, 0.3) is 0 Å². The molecular formula is C6H12N6. The summed E-state index contributed by atoms with van der Waals surface area (Å²) in [4.78, 5) is 0. The molecule has 0 bridgehead atoms. The number of nitrogens with zero attached hydrogens (tertiary/aromatic N) is 3. The normalized spacial score (nSPS) is 16.0. The molecule has 0 aliphatic carbocycles. The third-order valence-electron chi connectivity index (χ3n) is 1.19. The Kier molecular flexibility index (Phi) is 4.93. The van der Waals surface area contributed by atoms with Crippen LogP contribution in [0.4, 0.5) is 0 Å². The molecule has 1 aliphatic heterocycles. The van der Waals surface area contributed by atoms with Crippen molar-refractivity contribution in [1.82, 2.24) is 31.8 Å². The minimum atomic E-state index is 1.08. The van der Waals surface area contributed by atoms with E-state index < -0.39 is 0 Å². The fourth-order valence-electron chi connectivity index (χ4n) is 0.658. The predicted octanol–water partition coefficient (Wildman–Crippen LogP) is -1.14.